The van der Waals surface area contributed by atoms with Crippen molar-refractivity contribution in [2.75, 3.05) is 5.32 Å². The Bertz CT molecular complexity index is 622. The summed E-state index contributed by atoms with van der Waals surface area (Å²) in [7, 11) is 0. The molecule has 2 aromatic rings. The third-order valence-corrected chi connectivity index (χ3v) is 4.06. The topological polar surface area (TPSA) is 47.0 Å². The zero-order chi connectivity index (χ0) is 15.6. The summed E-state index contributed by atoms with van der Waals surface area (Å²) in [5.41, 5.74) is 2.20. The van der Waals surface area contributed by atoms with Crippen LogP contribution in [0, 0.1) is 20.8 Å². The number of hydrogen-bond acceptors (Lipinski definition) is 5. The van der Waals surface area contributed by atoms with Gasteiger partial charge in [0.1, 0.15) is 0 Å². The Kier molecular flexibility index (Phi) is 4.83. The second kappa shape index (κ2) is 6.43. The van der Waals surface area contributed by atoms with E-state index in [1.54, 1.807) is 0 Å². The van der Waals surface area contributed by atoms with Gasteiger partial charge in [-0.2, -0.15) is 4.98 Å². The number of nitrogens with one attached hydrogen (secondary N) is 1. The first kappa shape index (κ1) is 15.8. The number of aromatic nitrogens is 2. The number of nitrogens with zero attached hydrogens (tertiary/aromatic N) is 2. The van der Waals surface area contributed by atoms with Crippen molar-refractivity contribution in [3.63, 3.8) is 0 Å². The molecule has 0 aromatic carbocycles. The molecule has 0 bridgehead atoms. The predicted octanol–water partition coefficient (Wildman–Crippen LogP) is 4.42. The number of rotatable bonds is 5. The van der Waals surface area contributed by atoms with Crippen molar-refractivity contribution in [3.05, 3.63) is 33.1 Å². The zero-order valence-corrected chi connectivity index (χ0v) is 14.3. The van der Waals surface area contributed by atoms with E-state index in [4.69, 9.17) is 4.74 Å². The van der Waals surface area contributed by atoms with E-state index in [1.165, 1.54) is 15.3 Å². The van der Waals surface area contributed by atoms with Gasteiger partial charge in [-0.15, -0.1) is 11.3 Å². The van der Waals surface area contributed by atoms with Crippen LogP contribution in [-0.4, -0.2) is 16.1 Å². The molecule has 114 valence electrons. The number of thiophene rings is 1. The van der Waals surface area contributed by atoms with Crippen molar-refractivity contribution < 1.29 is 4.74 Å². The first-order chi connectivity index (χ1) is 9.85. The lowest BCUT2D eigenvalue weighted by Crippen LogP contribution is -2.12. The van der Waals surface area contributed by atoms with Gasteiger partial charge in [0.05, 0.1) is 12.1 Å². The lowest BCUT2D eigenvalue weighted by atomic mass is 10.1. The van der Waals surface area contributed by atoms with Gasteiger partial charge < -0.3 is 10.1 Å². The number of hydrogen-bond donors (Lipinski definition) is 1. The summed E-state index contributed by atoms with van der Waals surface area (Å²) in [5, 5.41) is 3.37. The second-order valence-corrected chi connectivity index (χ2v) is 7.03. The predicted molar refractivity (Wildman–Crippen MR) is 88.4 cm³/mol. The minimum Gasteiger partial charge on any atom is -0.475 e. The maximum absolute atomic E-state index is 5.66. The van der Waals surface area contributed by atoms with E-state index in [1.807, 2.05) is 38.2 Å². The van der Waals surface area contributed by atoms with E-state index < -0.39 is 0 Å². The molecule has 2 rings (SSSR count). The summed E-state index contributed by atoms with van der Waals surface area (Å²) in [5.74, 6) is 1.23. The van der Waals surface area contributed by atoms with Gasteiger partial charge in [-0.25, -0.2) is 4.98 Å². The van der Waals surface area contributed by atoms with Gasteiger partial charge >= 0.3 is 0 Å². The summed E-state index contributed by atoms with van der Waals surface area (Å²) >= 11 is 1.82. The van der Waals surface area contributed by atoms with Crippen LogP contribution >= 0.6 is 11.3 Å². The third-order valence-electron chi connectivity index (χ3n) is 3.08. The van der Waals surface area contributed by atoms with Gasteiger partial charge in [0.15, 0.2) is 0 Å². The largest absolute Gasteiger partial charge is 0.475 e. The van der Waals surface area contributed by atoms with Crippen molar-refractivity contribution in [2.24, 2.45) is 0 Å². The average molecular weight is 305 g/mol. The van der Waals surface area contributed by atoms with Crippen LogP contribution in [0.1, 0.15) is 47.8 Å². The SMILES string of the molecule is Cc1cc(OC(C)C)nc(NC(C)c2cc(C)sc2C)n1. The van der Waals surface area contributed by atoms with Crippen LogP contribution in [0.4, 0.5) is 5.95 Å². The van der Waals surface area contributed by atoms with Crippen LogP contribution in [0.5, 0.6) is 5.88 Å². The molecule has 0 spiro atoms. The molecule has 1 N–H and O–H groups in total. The number of ether oxygens (including phenoxy) is 1. The van der Waals surface area contributed by atoms with E-state index in [2.05, 4.69) is 42.1 Å². The molecule has 4 nitrogen and oxygen atoms in total. The van der Waals surface area contributed by atoms with Crippen molar-refractivity contribution in [3.8, 4) is 5.88 Å². The Labute approximate surface area is 130 Å². The molecule has 1 unspecified atom stereocenters. The fourth-order valence-electron chi connectivity index (χ4n) is 2.26. The van der Waals surface area contributed by atoms with Crippen molar-refractivity contribution in [1.82, 2.24) is 9.97 Å². The fourth-order valence-corrected chi connectivity index (χ4v) is 3.28. The Hall–Kier alpha value is -1.62. The standard InChI is InChI=1S/C16H23N3OS/c1-9(2)20-15-7-10(3)17-16(19-15)18-12(5)14-8-11(4)21-13(14)6/h7-9,12H,1-6H3,(H,17,18,19). The summed E-state index contributed by atoms with van der Waals surface area (Å²) in [6, 6.07) is 4.25. The number of aryl methyl sites for hydroxylation is 3. The molecule has 0 fully saturated rings. The fraction of sp³-hybridized carbons (Fsp3) is 0.500. The highest BCUT2D eigenvalue weighted by Gasteiger charge is 2.13. The first-order valence-corrected chi connectivity index (χ1v) is 8.02. The van der Waals surface area contributed by atoms with E-state index >= 15 is 0 Å². The Morgan fingerprint density at radius 1 is 1.10 bits per heavy atom. The van der Waals surface area contributed by atoms with Crippen molar-refractivity contribution >= 4 is 17.3 Å². The molecular formula is C16H23N3OS. The van der Waals surface area contributed by atoms with Gasteiger partial charge in [0.2, 0.25) is 11.8 Å². The van der Waals surface area contributed by atoms with E-state index in [9.17, 15) is 0 Å². The van der Waals surface area contributed by atoms with Gasteiger partial charge in [-0.1, -0.05) is 0 Å². The van der Waals surface area contributed by atoms with Crippen molar-refractivity contribution in [1.29, 1.82) is 0 Å². The quantitative estimate of drug-likeness (QED) is 0.888. The summed E-state index contributed by atoms with van der Waals surface area (Å²) in [6.07, 6.45) is 0.103. The van der Waals surface area contributed by atoms with Crippen LogP contribution in [0.25, 0.3) is 0 Å². The normalized spacial score (nSPS) is 12.5. The smallest absolute Gasteiger partial charge is 0.226 e. The second-order valence-electron chi connectivity index (χ2n) is 5.57. The van der Waals surface area contributed by atoms with Gasteiger partial charge in [-0.05, 0) is 53.2 Å². The Morgan fingerprint density at radius 2 is 1.81 bits per heavy atom. The van der Waals surface area contributed by atoms with Crippen LogP contribution in [0.2, 0.25) is 0 Å². The molecule has 0 amide bonds. The Balaban J connectivity index is 2.18. The average Bonchev–Trinajstić information content (AvgIpc) is 2.66. The third kappa shape index (κ3) is 4.17. The highest BCUT2D eigenvalue weighted by molar-refractivity contribution is 7.12. The highest BCUT2D eigenvalue weighted by Crippen LogP contribution is 2.28. The minimum atomic E-state index is 0.103. The van der Waals surface area contributed by atoms with Gasteiger partial charge in [-0.3, -0.25) is 0 Å². The minimum absolute atomic E-state index is 0.103. The molecule has 0 aliphatic rings. The van der Waals surface area contributed by atoms with Crippen LogP contribution < -0.4 is 10.1 Å². The van der Waals surface area contributed by atoms with E-state index in [0.717, 1.165) is 5.69 Å². The molecular weight excluding hydrogens is 282 g/mol. The van der Waals surface area contributed by atoms with E-state index in [-0.39, 0.29) is 12.1 Å². The van der Waals surface area contributed by atoms with Crippen LogP contribution in [0.3, 0.4) is 0 Å². The summed E-state index contributed by atoms with van der Waals surface area (Å²) < 4.78 is 5.66. The maximum Gasteiger partial charge on any atom is 0.226 e. The van der Waals surface area contributed by atoms with Crippen molar-refractivity contribution in [2.45, 2.75) is 53.7 Å². The number of anilines is 1. The van der Waals surface area contributed by atoms with E-state index in [0.29, 0.717) is 11.8 Å². The molecule has 2 aromatic heterocycles. The molecule has 5 heteroatoms. The molecule has 0 aliphatic heterocycles. The van der Waals surface area contributed by atoms with Gasteiger partial charge in [0, 0.05) is 21.5 Å². The first-order valence-electron chi connectivity index (χ1n) is 7.21. The molecule has 2 heterocycles. The van der Waals surface area contributed by atoms with Crippen LogP contribution in [0.15, 0.2) is 12.1 Å². The molecule has 0 radical (unpaired) electrons. The van der Waals surface area contributed by atoms with Gasteiger partial charge in [0.25, 0.3) is 0 Å². The summed E-state index contributed by atoms with van der Waals surface area (Å²) in [4.78, 5) is 11.5. The molecule has 0 aliphatic carbocycles. The Morgan fingerprint density at radius 3 is 2.38 bits per heavy atom. The lowest BCUT2D eigenvalue weighted by molar-refractivity contribution is 0.232. The molecule has 21 heavy (non-hydrogen) atoms. The maximum atomic E-state index is 5.66. The molecule has 0 saturated heterocycles. The highest BCUT2D eigenvalue weighted by atomic mass is 32.1. The summed E-state index contributed by atoms with van der Waals surface area (Å²) in [6.45, 7) is 12.3. The van der Waals surface area contributed by atoms with Crippen LogP contribution in [-0.2, 0) is 0 Å². The lowest BCUT2D eigenvalue weighted by Gasteiger charge is -2.16. The zero-order valence-electron chi connectivity index (χ0n) is 13.5. The molecule has 1 atom stereocenters. The monoisotopic (exact) mass is 305 g/mol. The molecule has 0 saturated carbocycles.